The number of carbonyl (C=O) groups is 1. The Morgan fingerprint density at radius 3 is 1.58 bits per heavy atom. The SMILES string of the molecule is CCCCCCCCCCCCCCC(C(=O)OC)S(=O)(=O)O.[NaH]. The van der Waals surface area contributed by atoms with Crippen molar-refractivity contribution < 1.29 is 22.5 Å². The molecule has 5 nitrogen and oxygen atoms in total. The van der Waals surface area contributed by atoms with Crippen molar-refractivity contribution in [3.05, 3.63) is 0 Å². The zero-order chi connectivity index (χ0) is 17.6. The van der Waals surface area contributed by atoms with Gasteiger partial charge in [0.25, 0.3) is 10.1 Å². The minimum absolute atomic E-state index is 0. The third-order valence-electron chi connectivity index (χ3n) is 4.14. The molecule has 1 atom stereocenters. The minimum atomic E-state index is -4.37. The van der Waals surface area contributed by atoms with Gasteiger partial charge < -0.3 is 4.74 Å². The van der Waals surface area contributed by atoms with Crippen molar-refractivity contribution in [1.29, 1.82) is 0 Å². The topological polar surface area (TPSA) is 80.7 Å². The Kier molecular flexibility index (Phi) is 18.7. The van der Waals surface area contributed by atoms with E-state index in [0.29, 0.717) is 6.42 Å². The standard InChI is InChI=1S/C17H34O5S.Na.H/c1-3-4-5-6-7-8-9-10-11-12-13-14-15-16(17(18)22-2)23(19,20)21;;/h16H,3-15H2,1-2H3,(H,19,20,21);;. The van der Waals surface area contributed by atoms with E-state index in [-0.39, 0.29) is 36.0 Å². The number of hydrogen-bond acceptors (Lipinski definition) is 4. The Labute approximate surface area is 170 Å². The molecule has 0 radical (unpaired) electrons. The summed E-state index contributed by atoms with van der Waals surface area (Å²) in [5, 5.41) is -1.43. The van der Waals surface area contributed by atoms with E-state index in [1.165, 1.54) is 51.4 Å². The normalized spacial score (nSPS) is 12.5. The number of ether oxygens (including phenoxy) is 1. The summed E-state index contributed by atoms with van der Waals surface area (Å²) < 4.78 is 35.7. The second-order valence-electron chi connectivity index (χ2n) is 6.20. The van der Waals surface area contributed by atoms with Gasteiger partial charge in [-0.2, -0.15) is 8.42 Å². The van der Waals surface area contributed by atoms with Crippen LogP contribution in [-0.4, -0.2) is 60.9 Å². The first-order chi connectivity index (χ1) is 10.9. The van der Waals surface area contributed by atoms with E-state index < -0.39 is 21.3 Å². The van der Waals surface area contributed by atoms with Gasteiger partial charge in [-0.1, -0.05) is 84.0 Å². The van der Waals surface area contributed by atoms with Crippen LogP contribution >= 0.6 is 0 Å². The van der Waals surface area contributed by atoms with E-state index in [9.17, 15) is 13.2 Å². The second kappa shape index (κ2) is 16.8. The Hall–Kier alpha value is 0.380. The van der Waals surface area contributed by atoms with E-state index in [1.807, 2.05) is 0 Å². The second-order valence-corrected chi connectivity index (χ2v) is 7.80. The van der Waals surface area contributed by atoms with Gasteiger partial charge in [0.2, 0.25) is 0 Å². The van der Waals surface area contributed by atoms with Gasteiger partial charge in [0, 0.05) is 0 Å². The quantitative estimate of drug-likeness (QED) is 0.204. The summed E-state index contributed by atoms with van der Waals surface area (Å²) in [7, 11) is -3.24. The van der Waals surface area contributed by atoms with Crippen LogP contribution < -0.4 is 0 Å². The molecule has 0 aromatic rings. The molecule has 0 fully saturated rings. The summed E-state index contributed by atoms with van der Waals surface area (Å²) >= 11 is 0. The summed E-state index contributed by atoms with van der Waals surface area (Å²) in [6, 6.07) is 0. The number of rotatable bonds is 15. The molecule has 140 valence electrons. The van der Waals surface area contributed by atoms with Crippen LogP contribution in [0.3, 0.4) is 0 Å². The van der Waals surface area contributed by atoms with Crippen LogP contribution in [0.15, 0.2) is 0 Å². The van der Waals surface area contributed by atoms with Gasteiger partial charge >= 0.3 is 35.5 Å². The maximum absolute atomic E-state index is 11.3. The van der Waals surface area contributed by atoms with Crippen molar-refractivity contribution >= 4 is 45.6 Å². The van der Waals surface area contributed by atoms with Gasteiger partial charge in [-0.15, -0.1) is 0 Å². The van der Waals surface area contributed by atoms with E-state index >= 15 is 0 Å². The first-order valence-corrected chi connectivity index (χ1v) is 10.5. The van der Waals surface area contributed by atoms with Crippen LogP contribution in [-0.2, 0) is 19.6 Å². The summed E-state index contributed by atoms with van der Waals surface area (Å²) in [5.41, 5.74) is 0. The van der Waals surface area contributed by atoms with E-state index in [2.05, 4.69) is 11.7 Å². The van der Waals surface area contributed by atoms with E-state index in [0.717, 1.165) is 26.4 Å². The van der Waals surface area contributed by atoms with Crippen LogP contribution in [0.4, 0.5) is 0 Å². The van der Waals surface area contributed by atoms with Crippen LogP contribution in [0.1, 0.15) is 90.4 Å². The van der Waals surface area contributed by atoms with Crippen LogP contribution in [0.5, 0.6) is 0 Å². The van der Waals surface area contributed by atoms with E-state index in [4.69, 9.17) is 4.55 Å². The van der Waals surface area contributed by atoms with Crippen molar-refractivity contribution in [1.82, 2.24) is 0 Å². The van der Waals surface area contributed by atoms with Crippen molar-refractivity contribution in [3.8, 4) is 0 Å². The predicted octanol–water partition coefficient (Wildman–Crippen LogP) is 3.86. The van der Waals surface area contributed by atoms with Gasteiger partial charge in [0.15, 0.2) is 5.25 Å². The fourth-order valence-corrected chi connectivity index (χ4v) is 3.49. The Morgan fingerprint density at radius 1 is 0.875 bits per heavy atom. The van der Waals surface area contributed by atoms with Gasteiger partial charge in [0.1, 0.15) is 0 Å². The van der Waals surface area contributed by atoms with Gasteiger partial charge in [-0.3, -0.25) is 9.35 Å². The molecule has 0 heterocycles. The zero-order valence-electron chi connectivity index (χ0n) is 14.8. The molecule has 0 rings (SSSR count). The molecule has 0 spiro atoms. The van der Waals surface area contributed by atoms with Crippen molar-refractivity contribution in [3.63, 3.8) is 0 Å². The summed E-state index contributed by atoms with van der Waals surface area (Å²) in [6.07, 6.45) is 14.2. The first-order valence-electron chi connectivity index (χ1n) is 8.97. The van der Waals surface area contributed by atoms with Gasteiger partial charge in [-0.05, 0) is 6.42 Å². The third-order valence-corrected chi connectivity index (χ3v) is 5.29. The molecule has 0 amide bonds. The Morgan fingerprint density at radius 2 is 1.25 bits per heavy atom. The summed E-state index contributed by atoms with van der Waals surface area (Å²) in [4.78, 5) is 11.3. The number of esters is 1. The van der Waals surface area contributed by atoms with Crippen molar-refractivity contribution in [2.24, 2.45) is 0 Å². The molecular weight excluding hydrogens is 339 g/mol. The van der Waals surface area contributed by atoms with Crippen LogP contribution in [0, 0.1) is 0 Å². The molecule has 0 saturated heterocycles. The number of methoxy groups -OCH3 is 1. The number of carbonyl (C=O) groups excluding carboxylic acids is 1. The number of hydrogen-bond donors (Lipinski definition) is 1. The van der Waals surface area contributed by atoms with Crippen LogP contribution in [0.25, 0.3) is 0 Å². The molecule has 0 aliphatic heterocycles. The molecule has 0 bridgehead atoms. The molecule has 0 aliphatic carbocycles. The average Bonchev–Trinajstić information content (AvgIpc) is 2.50. The monoisotopic (exact) mass is 374 g/mol. The summed E-state index contributed by atoms with van der Waals surface area (Å²) in [5.74, 6) is -0.879. The fraction of sp³-hybridized carbons (Fsp3) is 0.941. The molecular formula is C17H35NaO5S. The average molecular weight is 375 g/mol. The zero-order valence-corrected chi connectivity index (χ0v) is 15.6. The van der Waals surface area contributed by atoms with Crippen molar-refractivity contribution in [2.45, 2.75) is 95.6 Å². The van der Waals surface area contributed by atoms with Crippen molar-refractivity contribution in [2.75, 3.05) is 7.11 Å². The third kappa shape index (κ3) is 14.7. The molecule has 24 heavy (non-hydrogen) atoms. The number of unbranched alkanes of at least 4 members (excludes halogenated alkanes) is 11. The maximum atomic E-state index is 11.3. The molecule has 1 unspecified atom stereocenters. The Balaban J connectivity index is 0. The molecule has 0 saturated carbocycles. The first kappa shape index (κ1) is 26.6. The van der Waals surface area contributed by atoms with E-state index in [1.54, 1.807) is 0 Å². The fourth-order valence-electron chi connectivity index (χ4n) is 2.69. The molecule has 7 heteroatoms. The molecule has 0 aromatic carbocycles. The Bertz CT molecular complexity index is 398. The summed E-state index contributed by atoms with van der Waals surface area (Å²) in [6.45, 7) is 2.23. The molecule has 1 N–H and O–H groups in total. The van der Waals surface area contributed by atoms with Gasteiger partial charge in [-0.25, -0.2) is 0 Å². The molecule has 0 aromatic heterocycles. The predicted molar refractivity (Wildman–Crippen MR) is 100 cm³/mol. The molecule has 0 aliphatic rings. The van der Waals surface area contributed by atoms with Gasteiger partial charge in [0.05, 0.1) is 7.11 Å². The van der Waals surface area contributed by atoms with Crippen LogP contribution in [0.2, 0.25) is 0 Å².